The normalized spacial score (nSPS) is 20.3. The van der Waals surface area contributed by atoms with Crippen molar-refractivity contribution in [3.8, 4) is 0 Å². The zero-order valence-corrected chi connectivity index (χ0v) is 16.2. The van der Waals surface area contributed by atoms with Crippen LogP contribution in [0.3, 0.4) is 0 Å². The van der Waals surface area contributed by atoms with Crippen LogP contribution in [0.1, 0.15) is 50.2 Å². The Bertz CT molecular complexity index is 1110. The van der Waals surface area contributed by atoms with Crippen molar-refractivity contribution in [3.63, 3.8) is 0 Å². The molecule has 1 saturated heterocycles. The molecule has 152 valence electrons. The predicted octanol–water partition coefficient (Wildman–Crippen LogP) is 1.30. The second kappa shape index (κ2) is 7.07. The van der Waals surface area contributed by atoms with Crippen LogP contribution in [0.5, 0.6) is 0 Å². The molecule has 2 aromatic carbocycles. The lowest BCUT2D eigenvalue weighted by atomic mass is 10.0. The van der Waals surface area contributed by atoms with E-state index in [4.69, 9.17) is 0 Å². The van der Waals surface area contributed by atoms with Crippen molar-refractivity contribution in [1.82, 2.24) is 15.5 Å². The molecule has 5 rings (SSSR count). The van der Waals surface area contributed by atoms with Crippen molar-refractivity contribution >= 4 is 29.3 Å². The van der Waals surface area contributed by atoms with E-state index in [1.165, 1.54) is 11.1 Å². The molecule has 0 bridgehead atoms. The number of benzene rings is 2. The van der Waals surface area contributed by atoms with E-state index < -0.39 is 23.8 Å². The number of carbonyl (C=O) groups is 4. The smallest absolute Gasteiger partial charge is 0.262 e. The Labute approximate surface area is 172 Å². The third kappa shape index (κ3) is 2.96. The van der Waals surface area contributed by atoms with Gasteiger partial charge in [0.15, 0.2) is 0 Å². The molecule has 0 spiro atoms. The monoisotopic (exact) mass is 404 g/mol. The first-order valence-electron chi connectivity index (χ1n) is 9.93. The molecule has 0 radical (unpaired) electrons. The van der Waals surface area contributed by atoms with Gasteiger partial charge in [-0.25, -0.2) is 0 Å². The Morgan fingerprint density at radius 1 is 1.00 bits per heavy atom. The summed E-state index contributed by atoms with van der Waals surface area (Å²) in [6.45, 7) is 2.18. The summed E-state index contributed by atoms with van der Waals surface area (Å²) in [7, 11) is 0. The maximum Gasteiger partial charge on any atom is 0.262 e. The number of nitrogens with one attached hydrogen (secondary N) is 3. The van der Waals surface area contributed by atoms with Gasteiger partial charge in [0.2, 0.25) is 11.8 Å². The van der Waals surface area contributed by atoms with Gasteiger partial charge in [-0.3, -0.25) is 29.4 Å². The largest absolute Gasteiger partial charge is 0.381 e. The Morgan fingerprint density at radius 2 is 1.83 bits per heavy atom. The van der Waals surface area contributed by atoms with Gasteiger partial charge in [-0.05, 0) is 41.3 Å². The molecule has 3 heterocycles. The minimum atomic E-state index is -0.948. The van der Waals surface area contributed by atoms with Crippen molar-refractivity contribution in [2.75, 3.05) is 5.32 Å². The molecule has 2 aromatic rings. The second-order valence-corrected chi connectivity index (χ2v) is 7.73. The number of anilines is 1. The Kier molecular flexibility index (Phi) is 4.36. The number of amides is 4. The highest BCUT2D eigenvalue weighted by molar-refractivity contribution is 6.23. The fraction of sp³-hybridized carbons (Fsp3) is 0.273. The van der Waals surface area contributed by atoms with Gasteiger partial charge in [-0.1, -0.05) is 18.2 Å². The van der Waals surface area contributed by atoms with Gasteiger partial charge in [0.25, 0.3) is 11.8 Å². The van der Waals surface area contributed by atoms with Crippen molar-refractivity contribution in [2.24, 2.45) is 0 Å². The van der Waals surface area contributed by atoms with Crippen LogP contribution in [0.25, 0.3) is 0 Å². The van der Waals surface area contributed by atoms with Gasteiger partial charge in [0.1, 0.15) is 6.04 Å². The lowest BCUT2D eigenvalue weighted by molar-refractivity contribution is -0.136. The van der Waals surface area contributed by atoms with Crippen LogP contribution in [-0.4, -0.2) is 34.6 Å². The van der Waals surface area contributed by atoms with Gasteiger partial charge in [0, 0.05) is 31.7 Å². The molecule has 1 fully saturated rings. The molecule has 0 aromatic heterocycles. The number of nitrogens with zero attached hydrogens (tertiary/aromatic N) is 1. The molecular weight excluding hydrogens is 384 g/mol. The van der Waals surface area contributed by atoms with Gasteiger partial charge in [-0.15, -0.1) is 0 Å². The summed E-state index contributed by atoms with van der Waals surface area (Å²) < 4.78 is 0. The van der Waals surface area contributed by atoms with E-state index in [0.717, 1.165) is 29.2 Å². The molecule has 3 aliphatic heterocycles. The van der Waals surface area contributed by atoms with Crippen molar-refractivity contribution < 1.29 is 19.2 Å². The number of imide groups is 2. The van der Waals surface area contributed by atoms with E-state index in [0.29, 0.717) is 17.7 Å². The summed E-state index contributed by atoms with van der Waals surface area (Å²) in [6.07, 6.45) is 0.257. The minimum Gasteiger partial charge on any atom is -0.381 e. The quantitative estimate of drug-likeness (QED) is 0.663. The first-order chi connectivity index (χ1) is 14.5. The molecule has 8 nitrogen and oxygen atoms in total. The second-order valence-electron chi connectivity index (χ2n) is 7.73. The molecule has 30 heavy (non-hydrogen) atoms. The third-order valence-corrected chi connectivity index (χ3v) is 5.88. The third-order valence-electron chi connectivity index (χ3n) is 5.88. The molecule has 0 aliphatic carbocycles. The minimum absolute atomic E-state index is 0.106. The maximum atomic E-state index is 12.9. The number of hydrogen-bond acceptors (Lipinski definition) is 6. The van der Waals surface area contributed by atoms with E-state index in [1.807, 2.05) is 18.2 Å². The van der Waals surface area contributed by atoms with E-state index in [9.17, 15) is 19.2 Å². The van der Waals surface area contributed by atoms with Crippen molar-refractivity contribution in [1.29, 1.82) is 0 Å². The SMILES string of the molecule is O=C1CCC(N2C(=O)c3ccc(CNc4cccc5c4CNC5)cc3C2=O)C(=O)N1. The van der Waals surface area contributed by atoms with Crippen LogP contribution in [-0.2, 0) is 29.2 Å². The number of piperidine rings is 1. The van der Waals surface area contributed by atoms with Crippen LogP contribution < -0.4 is 16.0 Å². The molecule has 4 amide bonds. The number of rotatable bonds is 4. The molecule has 0 saturated carbocycles. The lowest BCUT2D eigenvalue weighted by Gasteiger charge is -2.27. The van der Waals surface area contributed by atoms with E-state index in [-0.39, 0.29) is 18.7 Å². The topological polar surface area (TPSA) is 108 Å². The molecule has 8 heteroatoms. The lowest BCUT2D eigenvalue weighted by Crippen LogP contribution is -2.54. The number of carbonyl (C=O) groups excluding carboxylic acids is 4. The highest BCUT2D eigenvalue weighted by Crippen LogP contribution is 2.29. The Balaban J connectivity index is 1.36. The zero-order valence-electron chi connectivity index (χ0n) is 16.2. The standard InChI is InChI=1S/C22H20N4O4/c27-19-7-6-18(20(28)25-19)26-21(29)14-5-4-12(8-15(14)22(26)30)9-24-17-3-1-2-13-10-23-11-16(13)17/h1-5,8,18,23-24H,6-7,9-11H2,(H,25,27,28). The first kappa shape index (κ1) is 18.5. The van der Waals surface area contributed by atoms with Crippen LogP contribution in [0.15, 0.2) is 36.4 Å². The molecule has 3 aliphatic rings. The summed E-state index contributed by atoms with van der Waals surface area (Å²) >= 11 is 0. The van der Waals surface area contributed by atoms with Gasteiger partial charge in [-0.2, -0.15) is 0 Å². The summed E-state index contributed by atoms with van der Waals surface area (Å²) in [6, 6.07) is 10.3. The Morgan fingerprint density at radius 3 is 2.67 bits per heavy atom. The average molecular weight is 404 g/mol. The first-order valence-corrected chi connectivity index (χ1v) is 9.93. The van der Waals surface area contributed by atoms with Crippen LogP contribution in [0.4, 0.5) is 5.69 Å². The van der Waals surface area contributed by atoms with Gasteiger partial charge < -0.3 is 10.6 Å². The van der Waals surface area contributed by atoms with Crippen LogP contribution in [0.2, 0.25) is 0 Å². The summed E-state index contributed by atoms with van der Waals surface area (Å²) in [5.41, 5.74) is 5.01. The maximum absolute atomic E-state index is 12.9. The fourth-order valence-electron chi connectivity index (χ4n) is 4.32. The fourth-order valence-corrected chi connectivity index (χ4v) is 4.32. The number of fused-ring (bicyclic) bond motifs is 2. The van der Waals surface area contributed by atoms with E-state index in [1.54, 1.807) is 12.1 Å². The van der Waals surface area contributed by atoms with Crippen LogP contribution >= 0.6 is 0 Å². The summed E-state index contributed by atoms with van der Waals surface area (Å²) in [5, 5.41) is 8.95. The average Bonchev–Trinajstić information content (AvgIpc) is 3.31. The van der Waals surface area contributed by atoms with E-state index >= 15 is 0 Å². The van der Waals surface area contributed by atoms with Crippen molar-refractivity contribution in [2.45, 2.75) is 38.5 Å². The molecule has 1 unspecified atom stereocenters. The molecular formula is C22H20N4O4. The molecule has 3 N–H and O–H groups in total. The number of hydrogen-bond donors (Lipinski definition) is 3. The van der Waals surface area contributed by atoms with Crippen molar-refractivity contribution in [3.05, 3.63) is 64.2 Å². The van der Waals surface area contributed by atoms with E-state index in [2.05, 4.69) is 22.0 Å². The highest BCUT2D eigenvalue weighted by atomic mass is 16.2. The summed E-state index contributed by atoms with van der Waals surface area (Å²) in [5.74, 6) is -1.97. The van der Waals surface area contributed by atoms with Gasteiger partial charge in [0.05, 0.1) is 11.1 Å². The van der Waals surface area contributed by atoms with Gasteiger partial charge >= 0.3 is 0 Å². The van der Waals surface area contributed by atoms with Crippen LogP contribution in [0, 0.1) is 0 Å². The zero-order chi connectivity index (χ0) is 20.8. The summed E-state index contributed by atoms with van der Waals surface area (Å²) in [4.78, 5) is 50.2. The molecule has 1 atom stereocenters. The highest BCUT2D eigenvalue weighted by Gasteiger charge is 2.44. The Hall–Kier alpha value is -3.52. The predicted molar refractivity (Wildman–Crippen MR) is 107 cm³/mol.